The third-order valence-corrected chi connectivity index (χ3v) is 4.88. The van der Waals surface area contributed by atoms with E-state index in [2.05, 4.69) is 19.0 Å². The van der Waals surface area contributed by atoms with E-state index in [0.29, 0.717) is 11.7 Å². The molecule has 0 spiro atoms. The highest BCUT2D eigenvalue weighted by Gasteiger charge is 2.28. The average molecular weight is 253 g/mol. The molecule has 1 saturated heterocycles. The first kappa shape index (κ1) is 14.0. The lowest BCUT2D eigenvalue weighted by Gasteiger charge is -2.33. The molecular formula is C15H29N2O+. The van der Waals surface area contributed by atoms with Crippen molar-refractivity contribution in [2.45, 2.75) is 51.0 Å². The first-order chi connectivity index (χ1) is 8.66. The number of hydrogen-bond acceptors (Lipinski definition) is 2. The number of likely N-dealkylation sites (tertiary alicyclic amines) is 1. The van der Waals surface area contributed by atoms with E-state index >= 15 is 0 Å². The molecule has 0 aromatic rings. The zero-order valence-electron chi connectivity index (χ0n) is 12.1. The zero-order chi connectivity index (χ0) is 13.0. The van der Waals surface area contributed by atoms with Crippen molar-refractivity contribution in [3.05, 3.63) is 0 Å². The first-order valence-electron chi connectivity index (χ1n) is 7.69. The van der Waals surface area contributed by atoms with Gasteiger partial charge < -0.3 is 9.80 Å². The van der Waals surface area contributed by atoms with E-state index in [9.17, 15) is 4.79 Å². The minimum absolute atomic E-state index is 0.401. The van der Waals surface area contributed by atoms with Gasteiger partial charge in [0.15, 0.2) is 5.78 Å². The van der Waals surface area contributed by atoms with Gasteiger partial charge in [0.2, 0.25) is 0 Å². The van der Waals surface area contributed by atoms with Crippen LogP contribution in [-0.2, 0) is 4.79 Å². The molecule has 0 radical (unpaired) electrons. The van der Waals surface area contributed by atoms with E-state index in [1.165, 1.54) is 50.1 Å². The standard InChI is InChI=1S/C15H28N2O/c1-16(2)14-8-10-17(11-9-14)12-15(18)13-6-4-3-5-7-13/h13-14H,3-12H2,1-2H3/p+1. The number of piperidine rings is 1. The molecule has 18 heavy (non-hydrogen) atoms. The maximum absolute atomic E-state index is 12.3. The molecule has 0 aromatic carbocycles. The zero-order valence-corrected chi connectivity index (χ0v) is 12.1. The third kappa shape index (κ3) is 3.79. The normalized spacial score (nSPS) is 30.6. The second-order valence-corrected chi connectivity index (χ2v) is 6.42. The Bertz CT molecular complexity index is 264. The van der Waals surface area contributed by atoms with Gasteiger partial charge in [-0.05, 0) is 26.9 Å². The predicted octanol–water partition coefficient (Wildman–Crippen LogP) is 0.745. The van der Waals surface area contributed by atoms with Crippen LogP contribution in [0.25, 0.3) is 0 Å². The minimum Gasteiger partial charge on any atom is -0.329 e. The lowest BCUT2D eigenvalue weighted by atomic mass is 9.86. The van der Waals surface area contributed by atoms with Crippen molar-refractivity contribution >= 4 is 5.78 Å². The molecule has 2 aliphatic rings. The second-order valence-electron chi connectivity index (χ2n) is 6.42. The molecule has 1 N–H and O–H groups in total. The summed E-state index contributed by atoms with van der Waals surface area (Å²) in [6.07, 6.45) is 8.70. The molecule has 0 unspecified atom stereocenters. The lowest BCUT2D eigenvalue weighted by molar-refractivity contribution is -0.897. The summed E-state index contributed by atoms with van der Waals surface area (Å²) >= 11 is 0. The Kier molecular flexibility index (Phi) is 5.19. The molecule has 1 aliphatic heterocycles. The van der Waals surface area contributed by atoms with Gasteiger partial charge in [-0.15, -0.1) is 0 Å². The smallest absolute Gasteiger partial charge is 0.189 e. The Balaban J connectivity index is 1.72. The maximum atomic E-state index is 12.3. The van der Waals surface area contributed by atoms with Crippen molar-refractivity contribution in [3.8, 4) is 0 Å². The number of carbonyl (C=O) groups is 1. The quantitative estimate of drug-likeness (QED) is 0.799. The summed E-state index contributed by atoms with van der Waals surface area (Å²) in [4.78, 5) is 16.1. The highest BCUT2D eigenvalue weighted by atomic mass is 16.1. The molecule has 0 amide bonds. The van der Waals surface area contributed by atoms with Gasteiger partial charge in [-0.25, -0.2) is 0 Å². The summed E-state index contributed by atoms with van der Waals surface area (Å²) in [5.41, 5.74) is 0. The van der Waals surface area contributed by atoms with Gasteiger partial charge in [-0.3, -0.25) is 4.79 Å². The molecule has 0 atom stereocenters. The number of quaternary nitrogens is 1. The molecular weight excluding hydrogens is 224 g/mol. The van der Waals surface area contributed by atoms with E-state index in [-0.39, 0.29) is 0 Å². The van der Waals surface area contributed by atoms with Crippen molar-refractivity contribution < 1.29 is 9.69 Å². The molecule has 0 aromatic heterocycles. The summed E-state index contributed by atoms with van der Waals surface area (Å²) in [6, 6.07) is 0.735. The van der Waals surface area contributed by atoms with E-state index in [4.69, 9.17) is 0 Å². The Hall–Kier alpha value is -0.410. The van der Waals surface area contributed by atoms with Crippen molar-refractivity contribution in [3.63, 3.8) is 0 Å². The highest BCUT2D eigenvalue weighted by molar-refractivity contribution is 5.81. The number of rotatable bonds is 4. The van der Waals surface area contributed by atoms with E-state index in [1.54, 1.807) is 0 Å². The van der Waals surface area contributed by atoms with Crippen LogP contribution in [0.15, 0.2) is 0 Å². The molecule has 3 heteroatoms. The van der Waals surface area contributed by atoms with Gasteiger partial charge in [0.25, 0.3) is 0 Å². The van der Waals surface area contributed by atoms with Crippen LogP contribution in [0, 0.1) is 5.92 Å². The summed E-state index contributed by atoms with van der Waals surface area (Å²) in [5.74, 6) is 0.950. The van der Waals surface area contributed by atoms with Gasteiger partial charge >= 0.3 is 0 Å². The molecule has 1 aliphatic carbocycles. The fourth-order valence-electron chi connectivity index (χ4n) is 3.52. The Morgan fingerprint density at radius 1 is 1.06 bits per heavy atom. The Labute approximate surface area is 112 Å². The third-order valence-electron chi connectivity index (χ3n) is 4.88. The van der Waals surface area contributed by atoms with Crippen molar-refractivity contribution in [2.75, 3.05) is 33.7 Å². The van der Waals surface area contributed by atoms with Gasteiger partial charge in [-0.2, -0.15) is 0 Å². The Morgan fingerprint density at radius 2 is 1.67 bits per heavy atom. The molecule has 2 rings (SSSR count). The lowest BCUT2D eigenvalue weighted by Crippen LogP contribution is -3.14. The number of hydrogen-bond donors (Lipinski definition) is 1. The largest absolute Gasteiger partial charge is 0.329 e. The summed E-state index contributed by atoms with van der Waals surface area (Å²) in [6.45, 7) is 3.16. The predicted molar refractivity (Wildman–Crippen MR) is 73.9 cm³/mol. The van der Waals surface area contributed by atoms with Crippen LogP contribution in [0.3, 0.4) is 0 Å². The van der Waals surface area contributed by atoms with E-state index < -0.39 is 0 Å². The summed E-state index contributed by atoms with van der Waals surface area (Å²) in [7, 11) is 4.34. The average Bonchev–Trinajstić information content (AvgIpc) is 2.40. The van der Waals surface area contributed by atoms with Crippen LogP contribution in [0.1, 0.15) is 44.9 Å². The van der Waals surface area contributed by atoms with Crippen LogP contribution >= 0.6 is 0 Å². The van der Waals surface area contributed by atoms with Gasteiger partial charge in [0, 0.05) is 24.8 Å². The number of carbonyl (C=O) groups excluding carboxylic acids is 1. The fraction of sp³-hybridized carbons (Fsp3) is 0.933. The Morgan fingerprint density at radius 3 is 2.22 bits per heavy atom. The van der Waals surface area contributed by atoms with Gasteiger partial charge in [0.05, 0.1) is 13.1 Å². The van der Waals surface area contributed by atoms with E-state index in [1.807, 2.05) is 0 Å². The number of Topliss-reactive ketones (excluding diaryl/α,β-unsaturated/α-hetero) is 1. The maximum Gasteiger partial charge on any atom is 0.189 e. The first-order valence-corrected chi connectivity index (χ1v) is 7.69. The SMILES string of the molecule is CN(C)C1CC[NH+](CC(=O)C2CCCCC2)CC1. The van der Waals surface area contributed by atoms with E-state index in [0.717, 1.165) is 25.4 Å². The number of nitrogens with one attached hydrogen (secondary N) is 1. The van der Waals surface area contributed by atoms with Crippen LogP contribution in [0.2, 0.25) is 0 Å². The van der Waals surface area contributed by atoms with Crippen LogP contribution in [0.4, 0.5) is 0 Å². The number of ketones is 1. The van der Waals surface area contributed by atoms with Gasteiger partial charge in [-0.1, -0.05) is 19.3 Å². The van der Waals surface area contributed by atoms with Crippen LogP contribution < -0.4 is 4.90 Å². The van der Waals surface area contributed by atoms with Crippen molar-refractivity contribution in [1.82, 2.24) is 4.90 Å². The highest BCUT2D eigenvalue weighted by Crippen LogP contribution is 2.23. The molecule has 2 fully saturated rings. The monoisotopic (exact) mass is 253 g/mol. The summed E-state index contributed by atoms with van der Waals surface area (Å²) in [5, 5.41) is 0. The van der Waals surface area contributed by atoms with Crippen LogP contribution in [-0.4, -0.2) is 50.5 Å². The fourth-order valence-corrected chi connectivity index (χ4v) is 3.52. The topological polar surface area (TPSA) is 24.8 Å². The minimum atomic E-state index is 0.401. The second kappa shape index (κ2) is 6.67. The van der Waals surface area contributed by atoms with Crippen molar-refractivity contribution in [2.24, 2.45) is 5.92 Å². The molecule has 1 heterocycles. The summed E-state index contributed by atoms with van der Waals surface area (Å²) < 4.78 is 0. The molecule has 1 saturated carbocycles. The van der Waals surface area contributed by atoms with Crippen molar-refractivity contribution in [1.29, 1.82) is 0 Å². The van der Waals surface area contributed by atoms with Crippen LogP contribution in [0.5, 0.6) is 0 Å². The van der Waals surface area contributed by atoms with Gasteiger partial charge in [0.1, 0.15) is 6.54 Å². The molecule has 104 valence electrons. The molecule has 0 bridgehead atoms. The number of nitrogens with zero attached hydrogens (tertiary/aromatic N) is 1. The molecule has 3 nitrogen and oxygen atoms in total.